The Bertz CT molecular complexity index is 468. The summed E-state index contributed by atoms with van der Waals surface area (Å²) in [5.74, 6) is 1.57. The van der Waals surface area contributed by atoms with Gasteiger partial charge in [-0.15, -0.1) is 0 Å². The molecule has 122 valence electrons. The molecule has 4 nitrogen and oxygen atoms in total. The van der Waals surface area contributed by atoms with Crippen LogP contribution in [0, 0.1) is 5.92 Å². The van der Waals surface area contributed by atoms with Crippen molar-refractivity contribution in [1.29, 1.82) is 0 Å². The van der Waals surface area contributed by atoms with Crippen molar-refractivity contribution in [3.63, 3.8) is 0 Å². The van der Waals surface area contributed by atoms with E-state index in [4.69, 9.17) is 9.47 Å². The summed E-state index contributed by atoms with van der Waals surface area (Å²) in [6, 6.07) is 7.02. The van der Waals surface area contributed by atoms with Crippen molar-refractivity contribution in [2.24, 2.45) is 5.92 Å². The van der Waals surface area contributed by atoms with Crippen LogP contribution in [0.25, 0.3) is 0 Å². The quantitative estimate of drug-likeness (QED) is 0.885. The molecule has 2 heterocycles. The highest BCUT2D eigenvalue weighted by molar-refractivity contribution is 9.10. The Morgan fingerprint density at radius 1 is 1.27 bits per heavy atom. The lowest BCUT2D eigenvalue weighted by Crippen LogP contribution is -2.47. The van der Waals surface area contributed by atoms with Gasteiger partial charge in [-0.2, -0.15) is 0 Å². The van der Waals surface area contributed by atoms with Crippen LogP contribution in [0.2, 0.25) is 0 Å². The van der Waals surface area contributed by atoms with Gasteiger partial charge in [0.2, 0.25) is 0 Å². The molecule has 2 aliphatic rings. The molecule has 1 N–H and O–H groups in total. The predicted octanol–water partition coefficient (Wildman–Crippen LogP) is 2.83. The number of nitrogens with one attached hydrogen (secondary N) is 1. The Balaban J connectivity index is 1.87. The van der Waals surface area contributed by atoms with Crippen LogP contribution in [0.4, 0.5) is 0 Å². The molecule has 0 saturated carbocycles. The largest absolute Gasteiger partial charge is 0.496 e. The van der Waals surface area contributed by atoms with E-state index >= 15 is 0 Å². The van der Waals surface area contributed by atoms with E-state index < -0.39 is 0 Å². The molecular weight excluding hydrogens is 344 g/mol. The highest BCUT2D eigenvalue weighted by Crippen LogP contribution is 2.38. The first kappa shape index (κ1) is 16.2. The lowest BCUT2D eigenvalue weighted by molar-refractivity contribution is 0.0213. The Hall–Kier alpha value is -0.620. The monoisotopic (exact) mass is 368 g/mol. The fourth-order valence-corrected chi connectivity index (χ4v) is 4.20. The molecule has 0 bridgehead atoms. The van der Waals surface area contributed by atoms with Crippen LogP contribution < -0.4 is 10.1 Å². The Kier molecular flexibility index (Phi) is 5.74. The van der Waals surface area contributed by atoms with Crippen LogP contribution in [0.1, 0.15) is 24.4 Å². The van der Waals surface area contributed by atoms with E-state index in [2.05, 4.69) is 44.3 Å². The Morgan fingerprint density at radius 2 is 2.00 bits per heavy atom. The number of nitrogens with zero attached hydrogens (tertiary/aromatic N) is 1. The number of benzene rings is 1. The number of ether oxygens (including phenoxy) is 2. The first-order valence-electron chi connectivity index (χ1n) is 8.15. The maximum atomic E-state index is 5.57. The fraction of sp³-hybridized carbons (Fsp3) is 0.647. The summed E-state index contributed by atoms with van der Waals surface area (Å²) < 4.78 is 12.0. The highest BCUT2D eigenvalue weighted by atomic mass is 79.9. The van der Waals surface area contributed by atoms with Crippen molar-refractivity contribution in [3.8, 4) is 5.75 Å². The third-order valence-electron chi connectivity index (χ3n) is 4.77. The molecule has 2 aliphatic heterocycles. The number of rotatable bonds is 4. The molecule has 1 aromatic carbocycles. The van der Waals surface area contributed by atoms with E-state index in [0.717, 1.165) is 62.5 Å². The van der Waals surface area contributed by atoms with Gasteiger partial charge in [0, 0.05) is 45.4 Å². The smallest absolute Gasteiger partial charge is 0.133 e. The Morgan fingerprint density at radius 3 is 2.64 bits per heavy atom. The minimum absolute atomic E-state index is 0.480. The van der Waals surface area contributed by atoms with Crippen molar-refractivity contribution >= 4 is 15.9 Å². The highest BCUT2D eigenvalue weighted by Gasteiger charge is 2.31. The molecule has 5 heteroatoms. The molecular formula is C17H25BrN2O2. The molecule has 0 aromatic heterocycles. The fourth-order valence-electron chi connectivity index (χ4n) is 3.64. The minimum Gasteiger partial charge on any atom is -0.496 e. The zero-order valence-corrected chi connectivity index (χ0v) is 14.8. The summed E-state index contributed by atoms with van der Waals surface area (Å²) >= 11 is 3.64. The van der Waals surface area contributed by atoms with Crippen LogP contribution >= 0.6 is 15.9 Å². The summed E-state index contributed by atoms with van der Waals surface area (Å²) in [5.41, 5.74) is 1.39. The zero-order valence-electron chi connectivity index (χ0n) is 13.2. The lowest BCUT2D eigenvalue weighted by Gasteiger charge is -2.41. The van der Waals surface area contributed by atoms with Gasteiger partial charge >= 0.3 is 0 Å². The lowest BCUT2D eigenvalue weighted by atomic mass is 9.85. The van der Waals surface area contributed by atoms with E-state index in [-0.39, 0.29) is 0 Å². The van der Waals surface area contributed by atoms with Crippen LogP contribution in [0.15, 0.2) is 22.7 Å². The maximum absolute atomic E-state index is 5.57. The molecule has 2 saturated heterocycles. The van der Waals surface area contributed by atoms with Crippen LogP contribution in [-0.2, 0) is 4.74 Å². The van der Waals surface area contributed by atoms with Gasteiger partial charge in [0.15, 0.2) is 0 Å². The predicted molar refractivity (Wildman–Crippen MR) is 91.4 cm³/mol. The molecule has 1 aromatic rings. The normalized spacial score (nSPS) is 22.5. The van der Waals surface area contributed by atoms with E-state index in [1.54, 1.807) is 7.11 Å². The number of methoxy groups -OCH3 is 1. The third kappa shape index (κ3) is 3.65. The van der Waals surface area contributed by atoms with E-state index in [1.807, 2.05) is 0 Å². The standard InChI is InChI=1S/C17H25BrN2O2/c1-21-16-3-2-14(12-15(16)18)17(13-4-10-22-11-5-13)20-8-6-19-7-9-20/h2-3,12-13,17,19H,4-11H2,1H3/t17-/m0/s1. The van der Waals surface area contributed by atoms with Gasteiger partial charge in [-0.1, -0.05) is 6.07 Å². The van der Waals surface area contributed by atoms with Gasteiger partial charge in [0.05, 0.1) is 11.6 Å². The second-order valence-electron chi connectivity index (χ2n) is 6.07. The summed E-state index contributed by atoms with van der Waals surface area (Å²) in [6.45, 7) is 6.18. The number of hydrogen-bond donors (Lipinski definition) is 1. The third-order valence-corrected chi connectivity index (χ3v) is 5.39. The first-order valence-corrected chi connectivity index (χ1v) is 8.95. The number of hydrogen-bond acceptors (Lipinski definition) is 4. The van der Waals surface area contributed by atoms with E-state index in [9.17, 15) is 0 Å². The average molecular weight is 369 g/mol. The van der Waals surface area contributed by atoms with Gasteiger partial charge in [0.1, 0.15) is 5.75 Å². The van der Waals surface area contributed by atoms with E-state index in [0.29, 0.717) is 12.0 Å². The van der Waals surface area contributed by atoms with Gasteiger partial charge in [0.25, 0.3) is 0 Å². The van der Waals surface area contributed by atoms with Crippen molar-refractivity contribution < 1.29 is 9.47 Å². The second-order valence-corrected chi connectivity index (χ2v) is 6.93. The summed E-state index contributed by atoms with van der Waals surface area (Å²) in [6.07, 6.45) is 2.30. The topological polar surface area (TPSA) is 33.7 Å². The molecule has 22 heavy (non-hydrogen) atoms. The summed E-state index contributed by atoms with van der Waals surface area (Å²) in [7, 11) is 1.71. The van der Waals surface area contributed by atoms with Gasteiger partial charge in [-0.3, -0.25) is 4.90 Å². The first-order chi connectivity index (χ1) is 10.8. The molecule has 2 fully saturated rings. The Labute approximate surface area is 141 Å². The zero-order chi connectivity index (χ0) is 15.4. The second kappa shape index (κ2) is 7.77. The van der Waals surface area contributed by atoms with Gasteiger partial charge < -0.3 is 14.8 Å². The molecule has 0 radical (unpaired) electrons. The SMILES string of the molecule is COc1ccc([C@H](C2CCOCC2)N2CCNCC2)cc1Br. The van der Waals surface area contributed by atoms with Crippen molar-refractivity contribution in [2.75, 3.05) is 46.5 Å². The molecule has 0 amide bonds. The minimum atomic E-state index is 0.480. The molecule has 0 aliphatic carbocycles. The van der Waals surface area contributed by atoms with Crippen LogP contribution in [0.3, 0.4) is 0 Å². The molecule has 1 atom stereocenters. The average Bonchev–Trinajstić information content (AvgIpc) is 2.57. The van der Waals surface area contributed by atoms with Crippen molar-refractivity contribution in [2.45, 2.75) is 18.9 Å². The van der Waals surface area contributed by atoms with Gasteiger partial charge in [-0.25, -0.2) is 0 Å². The molecule has 3 rings (SSSR count). The molecule has 0 unspecified atom stereocenters. The number of piperazine rings is 1. The number of halogens is 1. The van der Waals surface area contributed by atoms with E-state index in [1.165, 1.54) is 5.56 Å². The van der Waals surface area contributed by atoms with Crippen molar-refractivity contribution in [1.82, 2.24) is 10.2 Å². The van der Waals surface area contributed by atoms with Gasteiger partial charge in [-0.05, 0) is 52.4 Å². The maximum Gasteiger partial charge on any atom is 0.133 e. The van der Waals surface area contributed by atoms with Crippen molar-refractivity contribution in [3.05, 3.63) is 28.2 Å². The van der Waals surface area contributed by atoms with Crippen LogP contribution in [-0.4, -0.2) is 51.4 Å². The summed E-state index contributed by atoms with van der Waals surface area (Å²) in [5, 5.41) is 3.46. The molecule has 0 spiro atoms. The van der Waals surface area contributed by atoms with Crippen LogP contribution in [0.5, 0.6) is 5.75 Å². The summed E-state index contributed by atoms with van der Waals surface area (Å²) in [4.78, 5) is 2.64.